The molecule has 0 radical (unpaired) electrons. The van der Waals surface area contributed by atoms with Gasteiger partial charge in [-0.2, -0.15) is 0 Å². The average Bonchev–Trinajstić information content (AvgIpc) is 3.51. The molecule has 1 atom stereocenters. The Balaban J connectivity index is 1.30. The average molecular weight is 478 g/mol. The zero-order valence-corrected chi connectivity index (χ0v) is 19.8. The Kier molecular flexibility index (Phi) is 7.58. The number of thiazole rings is 1. The van der Waals surface area contributed by atoms with Crippen molar-refractivity contribution >= 4 is 29.0 Å². The lowest BCUT2D eigenvalue weighted by Gasteiger charge is -2.22. The van der Waals surface area contributed by atoms with E-state index >= 15 is 0 Å². The fourth-order valence-electron chi connectivity index (χ4n) is 3.92. The summed E-state index contributed by atoms with van der Waals surface area (Å²) in [6.07, 6.45) is 8.78. The molecule has 2 N–H and O–H groups in total. The van der Waals surface area contributed by atoms with Crippen LogP contribution in [0.25, 0.3) is 10.4 Å². The van der Waals surface area contributed by atoms with Crippen molar-refractivity contribution in [2.75, 3.05) is 25.0 Å². The summed E-state index contributed by atoms with van der Waals surface area (Å²) in [6.45, 7) is 6.89. The quantitative estimate of drug-likeness (QED) is 0.360. The summed E-state index contributed by atoms with van der Waals surface area (Å²) in [4.78, 5) is 44.7. The third-order valence-corrected chi connectivity index (χ3v) is 6.53. The van der Waals surface area contributed by atoms with Crippen molar-refractivity contribution in [2.45, 2.75) is 32.2 Å². The lowest BCUT2D eigenvalue weighted by molar-refractivity contribution is -0.135. The summed E-state index contributed by atoms with van der Waals surface area (Å²) >= 11 is 1.63. The number of rotatable bonds is 9. The van der Waals surface area contributed by atoms with Crippen LogP contribution in [0.3, 0.4) is 0 Å². The molecule has 34 heavy (non-hydrogen) atoms. The summed E-state index contributed by atoms with van der Waals surface area (Å²) in [5.41, 5.74) is 1.97. The largest absolute Gasteiger partial charge is 0.368 e. The molecule has 176 valence electrons. The number of nitrogens with zero attached hydrogens (tertiary/aromatic N) is 5. The zero-order valence-electron chi connectivity index (χ0n) is 19.0. The van der Waals surface area contributed by atoms with Crippen molar-refractivity contribution in [3.8, 4) is 10.4 Å². The molecule has 0 aromatic carbocycles. The van der Waals surface area contributed by atoms with Gasteiger partial charge in [-0.3, -0.25) is 14.6 Å². The van der Waals surface area contributed by atoms with E-state index in [9.17, 15) is 9.59 Å². The number of hydrogen-bond acceptors (Lipinski definition) is 8. The molecule has 1 aliphatic heterocycles. The Morgan fingerprint density at radius 3 is 2.88 bits per heavy atom. The molecule has 1 fully saturated rings. The first-order valence-corrected chi connectivity index (χ1v) is 12.0. The number of likely N-dealkylation sites (tertiary alicyclic amines) is 1. The molecule has 0 spiro atoms. The van der Waals surface area contributed by atoms with E-state index in [-0.39, 0.29) is 11.8 Å². The van der Waals surface area contributed by atoms with Crippen LogP contribution < -0.4 is 10.6 Å². The maximum atomic E-state index is 12.5. The predicted octanol–water partition coefficient (Wildman–Crippen LogP) is 2.60. The second kappa shape index (κ2) is 11.0. The third kappa shape index (κ3) is 5.82. The highest BCUT2D eigenvalue weighted by Gasteiger charge is 2.32. The Morgan fingerprint density at radius 1 is 1.26 bits per heavy atom. The van der Waals surface area contributed by atoms with E-state index in [0.717, 1.165) is 27.6 Å². The summed E-state index contributed by atoms with van der Waals surface area (Å²) < 4.78 is 0. The van der Waals surface area contributed by atoms with E-state index in [0.29, 0.717) is 44.1 Å². The van der Waals surface area contributed by atoms with Crippen molar-refractivity contribution in [2.24, 2.45) is 0 Å². The SMILES string of the molecule is C=CC(=O)N1CCC[C@H]1C(=O)NCCNc1cc(Cc2ncc(-c3ccncc3)s2)nc(C)n1. The van der Waals surface area contributed by atoms with E-state index in [1.807, 2.05) is 31.3 Å². The number of hydrogen-bond donors (Lipinski definition) is 2. The van der Waals surface area contributed by atoms with Crippen molar-refractivity contribution in [1.82, 2.24) is 30.2 Å². The standard InChI is InChI=1S/C24H27N7O2S/c1-3-23(32)31-12-4-5-19(31)24(33)27-11-10-26-21-13-18(29-16(2)30-21)14-22-28-15-20(34-22)17-6-8-25-9-7-17/h3,6-9,13,15,19H,1,4-5,10-12,14H2,2H3,(H,27,33)(H,26,29,30)/t19-/m0/s1. The van der Waals surface area contributed by atoms with Crippen molar-refractivity contribution in [3.63, 3.8) is 0 Å². The molecular formula is C24H27N7O2S. The molecule has 0 saturated carbocycles. The lowest BCUT2D eigenvalue weighted by Crippen LogP contribution is -2.46. The fourth-order valence-corrected chi connectivity index (χ4v) is 4.86. The molecule has 9 nitrogen and oxygen atoms in total. The minimum atomic E-state index is -0.422. The van der Waals surface area contributed by atoms with Gasteiger partial charge in [-0.05, 0) is 43.5 Å². The van der Waals surface area contributed by atoms with Gasteiger partial charge in [-0.25, -0.2) is 15.0 Å². The van der Waals surface area contributed by atoms with E-state index in [4.69, 9.17) is 0 Å². The first-order chi connectivity index (χ1) is 16.5. The van der Waals surface area contributed by atoms with E-state index in [1.165, 1.54) is 6.08 Å². The first-order valence-electron chi connectivity index (χ1n) is 11.2. The number of aryl methyl sites for hydroxylation is 1. The molecule has 0 bridgehead atoms. The third-order valence-electron chi connectivity index (χ3n) is 5.49. The van der Waals surface area contributed by atoms with Gasteiger partial charge in [0.15, 0.2) is 0 Å². The molecule has 1 aliphatic rings. The monoisotopic (exact) mass is 477 g/mol. The van der Waals surface area contributed by atoms with Crippen LogP contribution in [0.4, 0.5) is 5.82 Å². The minimum Gasteiger partial charge on any atom is -0.368 e. The summed E-state index contributed by atoms with van der Waals surface area (Å²) in [6, 6.07) is 5.42. The van der Waals surface area contributed by atoms with E-state index in [1.54, 1.807) is 28.6 Å². The minimum absolute atomic E-state index is 0.136. The van der Waals surface area contributed by atoms with Crippen LogP contribution in [0.5, 0.6) is 0 Å². The normalized spacial score (nSPS) is 15.2. The van der Waals surface area contributed by atoms with Crippen molar-refractivity contribution < 1.29 is 9.59 Å². The number of aromatic nitrogens is 4. The highest BCUT2D eigenvalue weighted by Crippen LogP contribution is 2.26. The van der Waals surface area contributed by atoms with Crippen molar-refractivity contribution in [1.29, 1.82) is 0 Å². The number of nitrogens with one attached hydrogen (secondary N) is 2. The van der Waals surface area contributed by atoms with Crippen LogP contribution in [0, 0.1) is 6.92 Å². The smallest absolute Gasteiger partial charge is 0.246 e. The highest BCUT2D eigenvalue weighted by atomic mass is 32.1. The van der Waals surface area contributed by atoms with Gasteiger partial charge in [0.25, 0.3) is 0 Å². The van der Waals surface area contributed by atoms with Gasteiger partial charge in [0.2, 0.25) is 11.8 Å². The van der Waals surface area contributed by atoms with Crippen LogP contribution in [0.15, 0.2) is 49.4 Å². The Hall–Kier alpha value is -3.66. The van der Waals surface area contributed by atoms with Gasteiger partial charge < -0.3 is 15.5 Å². The number of carbonyl (C=O) groups is 2. The molecular weight excluding hydrogens is 450 g/mol. The van der Waals surface area contributed by atoms with E-state index in [2.05, 4.69) is 37.1 Å². The number of amides is 2. The molecule has 2 amide bonds. The van der Waals surface area contributed by atoms with Crippen molar-refractivity contribution in [3.05, 3.63) is 66.0 Å². The van der Waals surface area contributed by atoms with Crippen LogP contribution >= 0.6 is 11.3 Å². The predicted molar refractivity (Wildman–Crippen MR) is 131 cm³/mol. The molecule has 10 heteroatoms. The molecule has 4 rings (SSSR count). The zero-order chi connectivity index (χ0) is 23.9. The Morgan fingerprint density at radius 2 is 2.09 bits per heavy atom. The molecule has 0 aliphatic carbocycles. The van der Waals surface area contributed by atoms with Gasteiger partial charge in [0, 0.05) is 50.7 Å². The van der Waals surface area contributed by atoms with Gasteiger partial charge in [-0.15, -0.1) is 11.3 Å². The molecule has 1 saturated heterocycles. The van der Waals surface area contributed by atoms with E-state index < -0.39 is 6.04 Å². The number of anilines is 1. The van der Waals surface area contributed by atoms with Crippen LogP contribution in [-0.2, 0) is 16.0 Å². The highest BCUT2D eigenvalue weighted by molar-refractivity contribution is 7.15. The van der Waals surface area contributed by atoms with Gasteiger partial charge in [-0.1, -0.05) is 6.58 Å². The molecule has 4 heterocycles. The summed E-state index contributed by atoms with van der Waals surface area (Å²) in [5.74, 6) is 1.03. The fraction of sp³-hybridized carbons (Fsp3) is 0.333. The first kappa shape index (κ1) is 23.5. The molecule has 3 aromatic rings. The molecule has 3 aromatic heterocycles. The van der Waals surface area contributed by atoms with Gasteiger partial charge in [0.05, 0.1) is 15.6 Å². The van der Waals surface area contributed by atoms with Crippen LogP contribution in [0.1, 0.15) is 29.4 Å². The maximum Gasteiger partial charge on any atom is 0.246 e. The summed E-state index contributed by atoms with van der Waals surface area (Å²) in [5, 5.41) is 7.12. The number of carbonyl (C=O) groups excluding carboxylic acids is 2. The molecule has 0 unspecified atom stereocenters. The Bertz CT molecular complexity index is 1170. The summed E-state index contributed by atoms with van der Waals surface area (Å²) in [7, 11) is 0. The second-order valence-electron chi connectivity index (χ2n) is 7.93. The Labute approximate surface area is 202 Å². The topological polar surface area (TPSA) is 113 Å². The van der Waals surface area contributed by atoms with Gasteiger partial charge in [0.1, 0.15) is 17.7 Å². The van der Waals surface area contributed by atoms with Gasteiger partial charge >= 0.3 is 0 Å². The lowest BCUT2D eigenvalue weighted by atomic mass is 10.2. The second-order valence-corrected chi connectivity index (χ2v) is 9.05. The number of pyridine rings is 1. The maximum absolute atomic E-state index is 12.5. The van der Waals surface area contributed by atoms with Crippen LogP contribution in [-0.4, -0.2) is 62.3 Å². The van der Waals surface area contributed by atoms with Crippen LogP contribution in [0.2, 0.25) is 0 Å².